The van der Waals surface area contributed by atoms with E-state index < -0.39 is 0 Å². The molecule has 1 aliphatic rings. The summed E-state index contributed by atoms with van der Waals surface area (Å²) in [4.78, 5) is 11.9. The number of methoxy groups -OCH3 is 1. The Hall–Kier alpha value is -1.77. The molecular formula is C15H18O3. The third-order valence-electron chi connectivity index (χ3n) is 3.16. The minimum absolute atomic E-state index is 0.173. The van der Waals surface area contributed by atoms with E-state index in [1.54, 1.807) is 7.11 Å². The molecule has 96 valence electrons. The van der Waals surface area contributed by atoms with Gasteiger partial charge in [-0.15, -0.1) is 0 Å². The second kappa shape index (κ2) is 5.71. The molecule has 0 heterocycles. The Bertz CT molecular complexity index is 474. The van der Waals surface area contributed by atoms with E-state index >= 15 is 0 Å². The van der Waals surface area contributed by atoms with E-state index in [-0.39, 0.29) is 5.97 Å². The molecule has 0 atom stereocenters. The summed E-state index contributed by atoms with van der Waals surface area (Å²) >= 11 is 0. The largest absolute Gasteiger partial charge is 0.497 e. The molecule has 0 unspecified atom stereocenters. The minimum Gasteiger partial charge on any atom is -0.497 e. The third-order valence-corrected chi connectivity index (χ3v) is 3.16. The zero-order valence-corrected chi connectivity index (χ0v) is 10.9. The van der Waals surface area contributed by atoms with Crippen LogP contribution in [0.1, 0.15) is 31.7 Å². The molecule has 0 amide bonds. The van der Waals surface area contributed by atoms with Crippen LogP contribution < -0.4 is 4.74 Å². The van der Waals surface area contributed by atoms with Crippen molar-refractivity contribution in [3.05, 3.63) is 35.4 Å². The van der Waals surface area contributed by atoms with Gasteiger partial charge in [0.1, 0.15) is 5.75 Å². The van der Waals surface area contributed by atoms with Crippen LogP contribution in [0.3, 0.4) is 0 Å². The van der Waals surface area contributed by atoms with Crippen LogP contribution >= 0.6 is 0 Å². The highest BCUT2D eigenvalue weighted by atomic mass is 16.5. The second-order valence-electron chi connectivity index (χ2n) is 4.26. The third kappa shape index (κ3) is 2.55. The molecule has 0 N–H and O–H groups in total. The van der Waals surface area contributed by atoms with Crippen LogP contribution in [-0.2, 0) is 9.53 Å². The molecule has 3 heteroatoms. The smallest absolute Gasteiger partial charge is 0.334 e. The predicted molar refractivity (Wildman–Crippen MR) is 70.4 cm³/mol. The van der Waals surface area contributed by atoms with Crippen molar-refractivity contribution in [2.24, 2.45) is 0 Å². The lowest BCUT2D eigenvalue weighted by Crippen LogP contribution is -2.07. The van der Waals surface area contributed by atoms with Crippen LogP contribution in [0.15, 0.2) is 29.8 Å². The number of carbonyl (C=O) groups is 1. The fourth-order valence-corrected chi connectivity index (χ4v) is 2.32. The summed E-state index contributed by atoms with van der Waals surface area (Å²) in [5.41, 5.74) is 2.99. The van der Waals surface area contributed by atoms with Crippen molar-refractivity contribution in [3.8, 4) is 5.75 Å². The summed E-state index contributed by atoms with van der Waals surface area (Å²) in [6, 6.07) is 7.84. The molecule has 2 rings (SSSR count). The van der Waals surface area contributed by atoms with Crippen molar-refractivity contribution in [1.82, 2.24) is 0 Å². The zero-order chi connectivity index (χ0) is 13.0. The number of hydrogen-bond donors (Lipinski definition) is 0. The first kappa shape index (κ1) is 12.7. The van der Waals surface area contributed by atoms with E-state index in [0.717, 1.165) is 41.7 Å². The Morgan fingerprint density at radius 3 is 2.89 bits per heavy atom. The van der Waals surface area contributed by atoms with E-state index in [9.17, 15) is 4.79 Å². The van der Waals surface area contributed by atoms with Gasteiger partial charge in [0.25, 0.3) is 0 Å². The van der Waals surface area contributed by atoms with Gasteiger partial charge in [-0.1, -0.05) is 12.1 Å². The highest BCUT2D eigenvalue weighted by Crippen LogP contribution is 2.35. The summed E-state index contributed by atoms with van der Waals surface area (Å²) in [6.07, 6.45) is 2.76. The van der Waals surface area contributed by atoms with Crippen molar-refractivity contribution < 1.29 is 14.3 Å². The molecule has 0 radical (unpaired) electrons. The fraction of sp³-hybridized carbons (Fsp3) is 0.400. The first-order valence-corrected chi connectivity index (χ1v) is 6.29. The van der Waals surface area contributed by atoms with Crippen LogP contribution in [-0.4, -0.2) is 19.7 Å². The first-order valence-electron chi connectivity index (χ1n) is 6.29. The van der Waals surface area contributed by atoms with Crippen LogP contribution in [0.25, 0.3) is 5.57 Å². The van der Waals surface area contributed by atoms with Crippen LogP contribution in [0.4, 0.5) is 0 Å². The van der Waals surface area contributed by atoms with Crippen molar-refractivity contribution >= 4 is 11.5 Å². The number of benzene rings is 1. The molecule has 1 aromatic carbocycles. The number of rotatable bonds is 4. The average Bonchev–Trinajstić information content (AvgIpc) is 2.88. The topological polar surface area (TPSA) is 35.5 Å². The molecule has 0 aliphatic heterocycles. The Labute approximate surface area is 107 Å². The molecule has 18 heavy (non-hydrogen) atoms. The maximum absolute atomic E-state index is 11.9. The van der Waals surface area contributed by atoms with Gasteiger partial charge in [-0.05, 0) is 49.5 Å². The molecule has 0 saturated heterocycles. The molecule has 0 aromatic heterocycles. The summed E-state index contributed by atoms with van der Waals surface area (Å²) in [5.74, 6) is 0.642. The predicted octanol–water partition coefficient (Wildman–Crippen LogP) is 3.20. The summed E-state index contributed by atoms with van der Waals surface area (Å²) in [7, 11) is 1.65. The number of hydrogen-bond acceptors (Lipinski definition) is 3. The van der Waals surface area contributed by atoms with E-state index in [2.05, 4.69) is 0 Å². The first-order chi connectivity index (χ1) is 8.76. The highest BCUT2D eigenvalue weighted by molar-refractivity contribution is 5.98. The van der Waals surface area contributed by atoms with Crippen molar-refractivity contribution in [1.29, 1.82) is 0 Å². The zero-order valence-electron chi connectivity index (χ0n) is 10.9. The van der Waals surface area contributed by atoms with Gasteiger partial charge >= 0.3 is 5.97 Å². The van der Waals surface area contributed by atoms with Gasteiger partial charge in [-0.25, -0.2) is 4.79 Å². The SMILES string of the molecule is CCOC(=O)C1=C(c2cccc(OC)c2)CCC1. The molecule has 0 fully saturated rings. The summed E-state index contributed by atoms with van der Waals surface area (Å²) in [6.45, 7) is 2.26. The van der Waals surface area contributed by atoms with Gasteiger partial charge in [-0.3, -0.25) is 0 Å². The Morgan fingerprint density at radius 1 is 1.33 bits per heavy atom. The lowest BCUT2D eigenvalue weighted by Gasteiger charge is -2.08. The van der Waals surface area contributed by atoms with Gasteiger partial charge in [0, 0.05) is 5.57 Å². The highest BCUT2D eigenvalue weighted by Gasteiger charge is 2.22. The van der Waals surface area contributed by atoms with E-state index in [0.29, 0.717) is 6.61 Å². The van der Waals surface area contributed by atoms with E-state index in [4.69, 9.17) is 9.47 Å². The van der Waals surface area contributed by atoms with Gasteiger partial charge < -0.3 is 9.47 Å². The van der Waals surface area contributed by atoms with Gasteiger partial charge in [0.15, 0.2) is 0 Å². The summed E-state index contributed by atoms with van der Waals surface area (Å²) < 4.78 is 10.3. The standard InChI is InChI=1S/C15H18O3/c1-3-18-15(16)14-9-5-8-13(14)11-6-4-7-12(10-11)17-2/h4,6-7,10H,3,5,8-9H2,1-2H3. The van der Waals surface area contributed by atoms with Crippen LogP contribution in [0.2, 0.25) is 0 Å². The number of ether oxygens (including phenoxy) is 2. The number of esters is 1. The second-order valence-corrected chi connectivity index (χ2v) is 4.26. The monoisotopic (exact) mass is 246 g/mol. The quantitative estimate of drug-likeness (QED) is 0.765. The Morgan fingerprint density at radius 2 is 2.17 bits per heavy atom. The number of allylic oxidation sites excluding steroid dienone is 1. The van der Waals surface area contributed by atoms with Crippen molar-refractivity contribution in [2.45, 2.75) is 26.2 Å². The Kier molecular flexibility index (Phi) is 4.03. The maximum atomic E-state index is 11.9. The molecule has 3 nitrogen and oxygen atoms in total. The molecular weight excluding hydrogens is 228 g/mol. The molecule has 0 saturated carbocycles. The molecule has 0 spiro atoms. The lowest BCUT2D eigenvalue weighted by molar-refractivity contribution is -0.138. The average molecular weight is 246 g/mol. The van der Waals surface area contributed by atoms with Crippen molar-refractivity contribution in [3.63, 3.8) is 0 Å². The van der Waals surface area contributed by atoms with Gasteiger partial charge in [0.2, 0.25) is 0 Å². The lowest BCUT2D eigenvalue weighted by atomic mass is 10.0. The van der Waals surface area contributed by atoms with E-state index in [1.807, 2.05) is 31.2 Å². The summed E-state index contributed by atoms with van der Waals surface area (Å²) in [5, 5.41) is 0. The Balaban J connectivity index is 2.34. The molecule has 0 bridgehead atoms. The molecule has 1 aromatic rings. The van der Waals surface area contributed by atoms with Crippen molar-refractivity contribution in [2.75, 3.05) is 13.7 Å². The van der Waals surface area contributed by atoms with Gasteiger partial charge in [0.05, 0.1) is 13.7 Å². The fourth-order valence-electron chi connectivity index (χ4n) is 2.32. The molecule has 1 aliphatic carbocycles. The van der Waals surface area contributed by atoms with Crippen LogP contribution in [0.5, 0.6) is 5.75 Å². The minimum atomic E-state index is -0.173. The van der Waals surface area contributed by atoms with Gasteiger partial charge in [-0.2, -0.15) is 0 Å². The normalized spacial score (nSPS) is 14.8. The maximum Gasteiger partial charge on any atom is 0.334 e. The van der Waals surface area contributed by atoms with Crippen LogP contribution in [0, 0.1) is 0 Å². The van der Waals surface area contributed by atoms with E-state index in [1.165, 1.54) is 0 Å². The number of carbonyl (C=O) groups excluding carboxylic acids is 1.